The summed E-state index contributed by atoms with van der Waals surface area (Å²) >= 11 is 0. The van der Waals surface area contributed by atoms with Crippen molar-refractivity contribution in [2.45, 2.75) is 0 Å². The van der Waals surface area contributed by atoms with Crippen LogP contribution in [0.4, 0.5) is 17.1 Å². The van der Waals surface area contributed by atoms with E-state index < -0.39 is 0 Å². The number of anilines is 3. The first-order valence-electron chi connectivity index (χ1n) is 20.8. The average Bonchev–Trinajstić information content (AvgIpc) is 3.88. The van der Waals surface area contributed by atoms with Crippen LogP contribution in [0.15, 0.2) is 235 Å². The molecule has 2 heterocycles. The number of para-hydroxylation sites is 3. The van der Waals surface area contributed by atoms with Gasteiger partial charge >= 0.3 is 0 Å². The fourth-order valence-corrected chi connectivity index (χ4v) is 9.20. The predicted molar refractivity (Wildman–Crippen MR) is 257 cm³/mol. The Bertz CT molecular complexity index is 3510. The van der Waals surface area contributed by atoms with Crippen LogP contribution in [-0.2, 0) is 0 Å². The highest BCUT2D eigenvalue weighted by Crippen LogP contribution is 2.42. The van der Waals surface area contributed by atoms with Crippen LogP contribution in [0.3, 0.4) is 0 Å². The lowest BCUT2D eigenvalue weighted by Crippen LogP contribution is -2.09. The van der Waals surface area contributed by atoms with Crippen LogP contribution >= 0.6 is 0 Å². The Balaban J connectivity index is 0.929. The highest BCUT2D eigenvalue weighted by atomic mass is 16.3. The zero-order chi connectivity index (χ0) is 40.3. The summed E-state index contributed by atoms with van der Waals surface area (Å²) in [6, 6.07) is 82.8. The first-order chi connectivity index (χ1) is 30.2. The summed E-state index contributed by atoms with van der Waals surface area (Å²) in [7, 11) is 0. The SMILES string of the molecule is c1ccc(-c2cccc3c2oc2cc(N(c4ccc(-c5ccc(-n6c7ccccc7c7ccccc76)cc5)cc4)c4ccc(-c5ccc6ccccc6c5)cc4)ccc23)cc1. The Kier molecular flexibility index (Phi) is 8.17. The molecule has 0 aliphatic rings. The van der Waals surface area contributed by atoms with Crippen LogP contribution in [0.1, 0.15) is 0 Å². The van der Waals surface area contributed by atoms with Crippen molar-refractivity contribution in [3.05, 3.63) is 231 Å². The third-order valence-electron chi connectivity index (χ3n) is 12.2. The van der Waals surface area contributed by atoms with Crippen molar-refractivity contribution in [2.75, 3.05) is 4.90 Å². The van der Waals surface area contributed by atoms with Crippen molar-refractivity contribution in [2.24, 2.45) is 0 Å². The predicted octanol–water partition coefficient (Wildman–Crippen LogP) is 16.3. The van der Waals surface area contributed by atoms with E-state index in [1.54, 1.807) is 0 Å². The second kappa shape index (κ2) is 14.3. The fourth-order valence-electron chi connectivity index (χ4n) is 9.20. The summed E-state index contributed by atoms with van der Waals surface area (Å²) in [4.78, 5) is 2.32. The summed E-state index contributed by atoms with van der Waals surface area (Å²) in [6.45, 7) is 0. The number of benzene rings is 10. The largest absolute Gasteiger partial charge is 0.455 e. The Labute approximate surface area is 353 Å². The van der Waals surface area contributed by atoms with E-state index in [2.05, 4.69) is 234 Å². The van der Waals surface area contributed by atoms with Crippen molar-refractivity contribution in [3.63, 3.8) is 0 Å². The standard InChI is InChI=1S/C58H38N2O/c1-2-12-43(13-3-1)50-17-10-18-54-53-36-35-49(38-57(53)61-58(50)54)59(47-31-27-42(28-32-47)45-22-21-39-11-4-5-14-44(39)37-45)46-29-23-40(24-30-46)41-25-33-48(34-26-41)60-55-19-8-6-15-51(55)52-16-7-9-20-56(52)60/h1-38H. The Morgan fingerprint density at radius 3 is 1.56 bits per heavy atom. The molecule has 0 bridgehead atoms. The van der Waals surface area contributed by atoms with E-state index >= 15 is 0 Å². The maximum atomic E-state index is 6.74. The van der Waals surface area contributed by atoms with Crippen molar-refractivity contribution >= 4 is 71.6 Å². The number of furan rings is 1. The van der Waals surface area contributed by atoms with Crippen LogP contribution in [-0.4, -0.2) is 4.57 Å². The first kappa shape index (κ1) is 34.9. The molecule has 10 aromatic carbocycles. The number of fused-ring (bicyclic) bond motifs is 7. The van der Waals surface area contributed by atoms with E-state index in [1.807, 2.05) is 6.07 Å². The molecule has 0 saturated heterocycles. The van der Waals surface area contributed by atoms with Gasteiger partial charge in [-0.1, -0.05) is 158 Å². The van der Waals surface area contributed by atoms with E-state index in [-0.39, 0.29) is 0 Å². The topological polar surface area (TPSA) is 21.3 Å². The molecule has 3 nitrogen and oxygen atoms in total. The molecule has 0 amide bonds. The lowest BCUT2D eigenvalue weighted by molar-refractivity contribution is 0.670. The highest BCUT2D eigenvalue weighted by molar-refractivity contribution is 6.11. The molecule has 0 atom stereocenters. The van der Waals surface area contributed by atoms with E-state index in [1.165, 1.54) is 49.3 Å². The molecule has 12 rings (SSSR count). The number of hydrogen-bond acceptors (Lipinski definition) is 2. The van der Waals surface area contributed by atoms with Gasteiger partial charge in [-0.05, 0) is 105 Å². The molecule has 12 aromatic rings. The van der Waals surface area contributed by atoms with Gasteiger partial charge in [-0.2, -0.15) is 0 Å². The molecule has 0 saturated carbocycles. The van der Waals surface area contributed by atoms with E-state index in [4.69, 9.17) is 4.42 Å². The lowest BCUT2D eigenvalue weighted by Gasteiger charge is -2.26. The molecule has 0 N–H and O–H groups in total. The molecule has 0 aliphatic carbocycles. The van der Waals surface area contributed by atoms with E-state index in [0.717, 1.165) is 61.4 Å². The van der Waals surface area contributed by atoms with Gasteiger partial charge in [-0.15, -0.1) is 0 Å². The van der Waals surface area contributed by atoms with Crippen molar-refractivity contribution in [3.8, 4) is 39.1 Å². The van der Waals surface area contributed by atoms with Gasteiger partial charge < -0.3 is 13.9 Å². The summed E-state index contributed by atoms with van der Waals surface area (Å²) in [5, 5.41) is 7.23. The monoisotopic (exact) mass is 778 g/mol. The Morgan fingerprint density at radius 1 is 0.328 bits per heavy atom. The van der Waals surface area contributed by atoms with Gasteiger partial charge in [-0.3, -0.25) is 0 Å². The third-order valence-corrected chi connectivity index (χ3v) is 12.2. The van der Waals surface area contributed by atoms with Crippen LogP contribution in [0.5, 0.6) is 0 Å². The molecule has 0 aliphatic heterocycles. The Morgan fingerprint density at radius 2 is 0.869 bits per heavy atom. The number of rotatable bonds is 7. The van der Waals surface area contributed by atoms with Crippen molar-refractivity contribution < 1.29 is 4.42 Å². The molecule has 0 radical (unpaired) electrons. The molecule has 0 fully saturated rings. The number of hydrogen-bond donors (Lipinski definition) is 0. The Hall–Kier alpha value is -8.14. The van der Waals surface area contributed by atoms with Crippen molar-refractivity contribution in [1.29, 1.82) is 0 Å². The summed E-state index contributed by atoms with van der Waals surface area (Å²) in [6.07, 6.45) is 0. The molecule has 3 heteroatoms. The normalized spacial score (nSPS) is 11.6. The molecular weight excluding hydrogens is 741 g/mol. The molecule has 2 aromatic heterocycles. The van der Waals surface area contributed by atoms with Gasteiger partial charge in [0.25, 0.3) is 0 Å². The minimum absolute atomic E-state index is 0.855. The minimum Gasteiger partial charge on any atom is -0.455 e. The average molecular weight is 779 g/mol. The quantitative estimate of drug-likeness (QED) is 0.161. The minimum atomic E-state index is 0.855. The van der Waals surface area contributed by atoms with Crippen LogP contribution in [0.25, 0.3) is 93.6 Å². The zero-order valence-corrected chi connectivity index (χ0v) is 33.2. The second-order valence-corrected chi connectivity index (χ2v) is 15.7. The summed E-state index contributed by atoms with van der Waals surface area (Å²) in [5.74, 6) is 0. The fraction of sp³-hybridized carbons (Fsp3) is 0. The summed E-state index contributed by atoms with van der Waals surface area (Å²) < 4.78 is 9.11. The number of nitrogens with zero attached hydrogens (tertiary/aromatic N) is 2. The summed E-state index contributed by atoms with van der Waals surface area (Å²) in [5.41, 5.74) is 15.4. The highest BCUT2D eigenvalue weighted by Gasteiger charge is 2.18. The molecular formula is C58H38N2O. The number of aromatic nitrogens is 1. The van der Waals surface area contributed by atoms with Crippen LogP contribution in [0, 0.1) is 0 Å². The van der Waals surface area contributed by atoms with Gasteiger partial charge in [0.1, 0.15) is 11.2 Å². The maximum absolute atomic E-state index is 6.74. The van der Waals surface area contributed by atoms with Gasteiger partial charge in [0, 0.05) is 55.9 Å². The van der Waals surface area contributed by atoms with Crippen LogP contribution in [0.2, 0.25) is 0 Å². The third kappa shape index (κ3) is 5.98. The molecule has 286 valence electrons. The molecule has 61 heavy (non-hydrogen) atoms. The first-order valence-corrected chi connectivity index (χ1v) is 20.8. The van der Waals surface area contributed by atoms with Gasteiger partial charge in [0.05, 0.1) is 11.0 Å². The van der Waals surface area contributed by atoms with E-state index in [0.29, 0.717) is 0 Å². The molecule has 0 spiro atoms. The van der Waals surface area contributed by atoms with E-state index in [9.17, 15) is 0 Å². The molecule has 0 unspecified atom stereocenters. The van der Waals surface area contributed by atoms with Crippen molar-refractivity contribution in [1.82, 2.24) is 4.57 Å². The van der Waals surface area contributed by atoms with Gasteiger partial charge in [0.2, 0.25) is 0 Å². The zero-order valence-electron chi connectivity index (χ0n) is 33.2. The smallest absolute Gasteiger partial charge is 0.143 e. The maximum Gasteiger partial charge on any atom is 0.143 e. The second-order valence-electron chi connectivity index (χ2n) is 15.7. The van der Waals surface area contributed by atoms with Gasteiger partial charge in [0.15, 0.2) is 0 Å². The van der Waals surface area contributed by atoms with Gasteiger partial charge in [-0.25, -0.2) is 0 Å². The lowest BCUT2D eigenvalue weighted by atomic mass is 10.0. The van der Waals surface area contributed by atoms with Crippen LogP contribution < -0.4 is 4.90 Å².